The molecule has 4 aromatic rings. The lowest BCUT2D eigenvalue weighted by molar-refractivity contribution is -0.116. The third-order valence-corrected chi connectivity index (χ3v) is 6.52. The summed E-state index contributed by atoms with van der Waals surface area (Å²) in [7, 11) is 1.32. The molecule has 0 spiro atoms. The molecule has 0 unspecified atom stereocenters. The van der Waals surface area contributed by atoms with E-state index in [1.807, 2.05) is 26.8 Å². The second-order valence-electron chi connectivity index (χ2n) is 7.54. The van der Waals surface area contributed by atoms with Crippen molar-refractivity contribution >= 4 is 39.2 Å². The van der Waals surface area contributed by atoms with Crippen LogP contribution in [0.15, 0.2) is 36.5 Å². The Bertz CT molecular complexity index is 1360. The highest BCUT2D eigenvalue weighted by atomic mass is 32.1. The van der Waals surface area contributed by atoms with E-state index in [9.17, 15) is 14.0 Å². The number of hydrogen-bond acceptors (Lipinski definition) is 6. The van der Waals surface area contributed by atoms with E-state index in [0.29, 0.717) is 28.3 Å². The molecule has 0 saturated carbocycles. The predicted molar refractivity (Wildman–Crippen MR) is 126 cm³/mol. The average molecular weight is 467 g/mol. The Morgan fingerprint density at radius 1 is 1.18 bits per heavy atom. The molecule has 0 radical (unpaired) electrons. The number of thiophene rings is 1. The number of methoxy groups -OCH3 is 1. The molecule has 0 atom stereocenters. The van der Waals surface area contributed by atoms with E-state index in [1.165, 1.54) is 35.3 Å². The number of amides is 1. The quantitative estimate of drug-likeness (QED) is 0.408. The molecule has 1 aromatic carbocycles. The smallest absolute Gasteiger partial charge is 0.341 e. The molecule has 170 valence electrons. The van der Waals surface area contributed by atoms with Gasteiger partial charge in [-0.15, -0.1) is 11.3 Å². The van der Waals surface area contributed by atoms with Gasteiger partial charge in [-0.2, -0.15) is 5.10 Å². The standard InChI is InChI=1S/C24H23FN4O3S/c1-5-17-14(3)33-23(21(17)24(31)32-4)27-19(30)12-29-22-20(13(2)28-29)18(10-11-26-22)15-6-8-16(25)9-7-15/h6-11H,5,12H2,1-4H3,(H,27,30). The summed E-state index contributed by atoms with van der Waals surface area (Å²) in [6.45, 7) is 5.63. The molecule has 7 nitrogen and oxygen atoms in total. The van der Waals surface area contributed by atoms with Crippen molar-refractivity contribution in [1.82, 2.24) is 14.8 Å². The van der Waals surface area contributed by atoms with Crippen molar-refractivity contribution in [1.29, 1.82) is 0 Å². The SMILES string of the molecule is CCc1c(C)sc(NC(=O)Cn2nc(C)c3c(-c4ccc(F)cc4)ccnc32)c1C(=O)OC. The zero-order valence-corrected chi connectivity index (χ0v) is 19.5. The first-order valence-corrected chi connectivity index (χ1v) is 11.2. The lowest BCUT2D eigenvalue weighted by Crippen LogP contribution is -2.20. The molecule has 0 bridgehead atoms. The first-order valence-electron chi connectivity index (χ1n) is 10.4. The van der Waals surface area contributed by atoms with Crippen LogP contribution in [0, 0.1) is 19.7 Å². The van der Waals surface area contributed by atoms with Gasteiger partial charge in [-0.1, -0.05) is 19.1 Å². The molecule has 0 fully saturated rings. The first kappa shape index (κ1) is 22.6. The summed E-state index contributed by atoms with van der Waals surface area (Å²) in [6, 6.07) is 8.05. The van der Waals surface area contributed by atoms with Gasteiger partial charge in [-0.25, -0.2) is 18.9 Å². The number of esters is 1. The van der Waals surface area contributed by atoms with Crippen molar-refractivity contribution in [2.45, 2.75) is 33.7 Å². The monoisotopic (exact) mass is 466 g/mol. The number of carbonyl (C=O) groups excluding carboxylic acids is 2. The Morgan fingerprint density at radius 2 is 1.91 bits per heavy atom. The zero-order chi connectivity index (χ0) is 23.7. The Kier molecular flexibility index (Phi) is 6.24. The zero-order valence-electron chi connectivity index (χ0n) is 18.7. The van der Waals surface area contributed by atoms with Crippen LogP contribution in [-0.4, -0.2) is 33.8 Å². The summed E-state index contributed by atoms with van der Waals surface area (Å²) in [5.74, 6) is -1.12. The number of halogens is 1. The predicted octanol–water partition coefficient (Wildman–Crippen LogP) is 4.90. The molecule has 0 aliphatic carbocycles. The fourth-order valence-corrected chi connectivity index (χ4v) is 5.12. The van der Waals surface area contributed by atoms with Gasteiger partial charge in [0.15, 0.2) is 5.65 Å². The number of pyridine rings is 1. The van der Waals surface area contributed by atoms with Crippen LogP contribution < -0.4 is 5.32 Å². The van der Waals surface area contributed by atoms with Gasteiger partial charge in [0, 0.05) is 16.5 Å². The third-order valence-electron chi connectivity index (χ3n) is 5.46. The van der Waals surface area contributed by atoms with E-state index in [4.69, 9.17) is 4.74 Å². The minimum Gasteiger partial charge on any atom is -0.465 e. The van der Waals surface area contributed by atoms with Crippen molar-refractivity contribution in [2.75, 3.05) is 12.4 Å². The van der Waals surface area contributed by atoms with E-state index in [1.54, 1.807) is 18.3 Å². The van der Waals surface area contributed by atoms with Crippen LogP contribution in [0.5, 0.6) is 0 Å². The molecule has 4 rings (SSSR count). The molecule has 9 heteroatoms. The normalized spacial score (nSPS) is 11.1. The third kappa shape index (κ3) is 4.23. The lowest BCUT2D eigenvalue weighted by atomic mass is 10.0. The number of rotatable bonds is 6. The number of hydrogen-bond donors (Lipinski definition) is 1. The van der Waals surface area contributed by atoms with Crippen LogP contribution in [0.4, 0.5) is 9.39 Å². The van der Waals surface area contributed by atoms with E-state index in [0.717, 1.165) is 27.0 Å². The van der Waals surface area contributed by atoms with Crippen LogP contribution in [-0.2, 0) is 22.5 Å². The van der Waals surface area contributed by atoms with Crippen LogP contribution in [0.25, 0.3) is 22.2 Å². The second kappa shape index (κ2) is 9.11. The second-order valence-corrected chi connectivity index (χ2v) is 8.77. The Hall–Kier alpha value is -3.59. The van der Waals surface area contributed by atoms with Crippen LogP contribution in [0.1, 0.15) is 33.4 Å². The number of benzene rings is 1. The number of nitrogens with one attached hydrogen (secondary N) is 1. The van der Waals surface area contributed by atoms with E-state index in [2.05, 4.69) is 15.4 Å². The Labute approximate surface area is 194 Å². The Balaban J connectivity index is 1.66. The molecule has 0 aliphatic heterocycles. The average Bonchev–Trinajstić information content (AvgIpc) is 3.29. The number of aromatic nitrogens is 3. The number of aryl methyl sites for hydroxylation is 2. The summed E-state index contributed by atoms with van der Waals surface area (Å²) in [4.78, 5) is 30.6. The van der Waals surface area contributed by atoms with Crippen molar-refractivity contribution in [3.05, 3.63) is 64.0 Å². The lowest BCUT2D eigenvalue weighted by Gasteiger charge is -2.08. The van der Waals surface area contributed by atoms with Gasteiger partial charge in [0.1, 0.15) is 17.4 Å². The summed E-state index contributed by atoms with van der Waals surface area (Å²) in [5, 5.41) is 8.63. The highest BCUT2D eigenvalue weighted by Gasteiger charge is 2.24. The molecule has 3 heterocycles. The van der Waals surface area contributed by atoms with Crippen LogP contribution in [0.3, 0.4) is 0 Å². The molecule has 33 heavy (non-hydrogen) atoms. The largest absolute Gasteiger partial charge is 0.465 e. The number of nitrogens with zero attached hydrogens (tertiary/aromatic N) is 3. The van der Waals surface area contributed by atoms with Gasteiger partial charge in [0.25, 0.3) is 0 Å². The molecule has 1 N–H and O–H groups in total. The molecule has 0 saturated heterocycles. The first-order chi connectivity index (χ1) is 15.8. The highest BCUT2D eigenvalue weighted by Crippen LogP contribution is 2.34. The maximum atomic E-state index is 13.4. The van der Waals surface area contributed by atoms with E-state index in [-0.39, 0.29) is 18.3 Å². The maximum absolute atomic E-state index is 13.4. The molecular weight excluding hydrogens is 443 g/mol. The van der Waals surface area contributed by atoms with Gasteiger partial charge in [-0.05, 0) is 55.2 Å². The molecular formula is C24H23FN4O3S. The van der Waals surface area contributed by atoms with E-state index < -0.39 is 5.97 Å². The van der Waals surface area contributed by atoms with Crippen LogP contribution >= 0.6 is 11.3 Å². The van der Waals surface area contributed by atoms with Gasteiger partial charge >= 0.3 is 5.97 Å². The molecule has 0 aliphatic rings. The number of carbonyl (C=O) groups is 2. The van der Waals surface area contributed by atoms with Gasteiger partial charge in [0.05, 0.1) is 18.4 Å². The van der Waals surface area contributed by atoms with Gasteiger partial charge in [0.2, 0.25) is 5.91 Å². The Morgan fingerprint density at radius 3 is 2.58 bits per heavy atom. The minimum absolute atomic E-state index is 0.0801. The molecule has 1 amide bonds. The summed E-state index contributed by atoms with van der Waals surface area (Å²) in [6.07, 6.45) is 2.30. The van der Waals surface area contributed by atoms with Gasteiger partial charge in [-0.3, -0.25) is 4.79 Å². The van der Waals surface area contributed by atoms with E-state index >= 15 is 0 Å². The number of fused-ring (bicyclic) bond motifs is 1. The fourth-order valence-electron chi connectivity index (χ4n) is 3.97. The highest BCUT2D eigenvalue weighted by molar-refractivity contribution is 7.16. The van der Waals surface area contributed by atoms with Crippen molar-refractivity contribution in [3.8, 4) is 11.1 Å². The van der Waals surface area contributed by atoms with Crippen molar-refractivity contribution in [2.24, 2.45) is 0 Å². The fraction of sp³-hybridized carbons (Fsp3) is 0.250. The minimum atomic E-state index is -0.475. The summed E-state index contributed by atoms with van der Waals surface area (Å²) >= 11 is 1.35. The van der Waals surface area contributed by atoms with Crippen molar-refractivity contribution < 1.29 is 18.7 Å². The summed E-state index contributed by atoms with van der Waals surface area (Å²) in [5.41, 5.74) is 4.22. The number of ether oxygens (including phenoxy) is 1. The van der Waals surface area contributed by atoms with Gasteiger partial charge < -0.3 is 10.1 Å². The maximum Gasteiger partial charge on any atom is 0.341 e. The summed E-state index contributed by atoms with van der Waals surface area (Å²) < 4.78 is 19.8. The topological polar surface area (TPSA) is 86.1 Å². The number of anilines is 1. The van der Waals surface area contributed by atoms with Crippen molar-refractivity contribution in [3.63, 3.8) is 0 Å². The van der Waals surface area contributed by atoms with Crippen LogP contribution in [0.2, 0.25) is 0 Å². The molecule has 3 aromatic heterocycles.